The fourth-order valence-corrected chi connectivity index (χ4v) is 4.14. The molecular weight excluding hydrogens is 344 g/mol. The SMILES string of the molecule is CCCCC(c1cc(C(C)C)c(O)cc1C)c1cc(C(C)(C)C)c(O)cc1C. The molecule has 154 valence electrons. The van der Waals surface area contributed by atoms with Crippen LogP contribution in [0.4, 0.5) is 0 Å². The number of rotatable bonds is 6. The highest BCUT2D eigenvalue weighted by Gasteiger charge is 2.25. The van der Waals surface area contributed by atoms with Gasteiger partial charge in [0.1, 0.15) is 11.5 Å². The maximum absolute atomic E-state index is 10.6. The molecule has 1 atom stereocenters. The highest BCUT2D eigenvalue weighted by molar-refractivity contribution is 5.52. The zero-order valence-electron chi connectivity index (χ0n) is 19.0. The van der Waals surface area contributed by atoms with Crippen LogP contribution in [-0.2, 0) is 5.41 Å². The van der Waals surface area contributed by atoms with E-state index in [0.717, 1.165) is 41.5 Å². The van der Waals surface area contributed by atoms with Crippen molar-refractivity contribution < 1.29 is 10.2 Å². The summed E-state index contributed by atoms with van der Waals surface area (Å²) in [4.78, 5) is 0. The lowest BCUT2D eigenvalue weighted by molar-refractivity contribution is 0.445. The van der Waals surface area contributed by atoms with Gasteiger partial charge in [-0.2, -0.15) is 0 Å². The molecule has 0 aromatic heterocycles. The summed E-state index contributed by atoms with van der Waals surface area (Å²) < 4.78 is 0. The molecule has 0 saturated carbocycles. The molecule has 0 radical (unpaired) electrons. The third-order valence-electron chi connectivity index (χ3n) is 5.83. The van der Waals surface area contributed by atoms with E-state index in [9.17, 15) is 10.2 Å². The van der Waals surface area contributed by atoms with Crippen molar-refractivity contribution in [1.29, 1.82) is 0 Å². The van der Waals surface area contributed by atoms with Crippen LogP contribution in [0.5, 0.6) is 11.5 Å². The first-order valence-electron chi connectivity index (χ1n) is 10.6. The molecule has 2 aromatic rings. The Morgan fingerprint density at radius 3 is 1.86 bits per heavy atom. The highest BCUT2D eigenvalue weighted by Crippen LogP contribution is 2.41. The smallest absolute Gasteiger partial charge is 0.119 e. The molecular formula is C26H38O2. The molecule has 0 aliphatic heterocycles. The van der Waals surface area contributed by atoms with Crippen molar-refractivity contribution >= 4 is 0 Å². The van der Waals surface area contributed by atoms with E-state index in [1.807, 2.05) is 12.1 Å². The zero-order chi connectivity index (χ0) is 21.2. The number of unbranched alkanes of at least 4 members (excludes halogenated alkanes) is 1. The number of hydrogen-bond donors (Lipinski definition) is 2. The second-order valence-corrected chi connectivity index (χ2v) is 9.59. The van der Waals surface area contributed by atoms with E-state index in [2.05, 4.69) is 67.5 Å². The van der Waals surface area contributed by atoms with Crippen molar-refractivity contribution in [1.82, 2.24) is 0 Å². The summed E-state index contributed by atoms with van der Waals surface area (Å²) in [6.07, 6.45) is 3.36. The topological polar surface area (TPSA) is 40.5 Å². The minimum absolute atomic E-state index is 0.116. The Hall–Kier alpha value is -1.96. The van der Waals surface area contributed by atoms with Gasteiger partial charge in [-0.15, -0.1) is 0 Å². The normalized spacial score (nSPS) is 13.2. The number of aromatic hydroxyl groups is 2. The second kappa shape index (κ2) is 8.59. The van der Waals surface area contributed by atoms with Crippen LogP contribution in [-0.4, -0.2) is 10.2 Å². The van der Waals surface area contributed by atoms with Gasteiger partial charge in [-0.1, -0.05) is 66.5 Å². The zero-order valence-corrected chi connectivity index (χ0v) is 19.0. The maximum Gasteiger partial charge on any atom is 0.119 e. The molecule has 0 heterocycles. The van der Waals surface area contributed by atoms with Crippen molar-refractivity contribution in [2.45, 2.75) is 91.9 Å². The van der Waals surface area contributed by atoms with Gasteiger partial charge in [0.2, 0.25) is 0 Å². The molecule has 0 saturated heterocycles. The third-order valence-corrected chi connectivity index (χ3v) is 5.83. The largest absolute Gasteiger partial charge is 0.508 e. The van der Waals surface area contributed by atoms with Gasteiger partial charge in [0.15, 0.2) is 0 Å². The van der Waals surface area contributed by atoms with Crippen LogP contribution in [0.2, 0.25) is 0 Å². The minimum atomic E-state index is -0.116. The summed E-state index contributed by atoms with van der Waals surface area (Å²) in [7, 11) is 0. The monoisotopic (exact) mass is 382 g/mol. The van der Waals surface area contributed by atoms with E-state index in [1.165, 1.54) is 11.1 Å². The summed E-state index contributed by atoms with van der Waals surface area (Å²) in [5, 5.41) is 21.0. The van der Waals surface area contributed by atoms with E-state index < -0.39 is 0 Å². The second-order valence-electron chi connectivity index (χ2n) is 9.59. The predicted octanol–water partition coefficient (Wildman–Crippen LogP) is 7.46. The van der Waals surface area contributed by atoms with Crippen molar-refractivity contribution in [3.63, 3.8) is 0 Å². The standard InChI is InChI=1S/C26H38O2/c1-9-10-11-19(21-14-20(16(2)3)24(27)12-17(21)4)22-15-23(26(6,7)8)25(28)13-18(22)5/h12-16,19,27-28H,9-11H2,1-8H3. The van der Waals surface area contributed by atoms with E-state index in [4.69, 9.17) is 0 Å². The maximum atomic E-state index is 10.6. The van der Waals surface area contributed by atoms with Crippen molar-refractivity contribution in [3.8, 4) is 11.5 Å². The molecule has 2 rings (SSSR count). The van der Waals surface area contributed by atoms with Crippen LogP contribution in [0.1, 0.15) is 106 Å². The Balaban J connectivity index is 2.71. The molecule has 1 unspecified atom stereocenters. The summed E-state index contributed by atoms with van der Waals surface area (Å²) in [6.45, 7) is 17.1. The first-order chi connectivity index (χ1) is 13.0. The average Bonchev–Trinajstić information content (AvgIpc) is 2.56. The van der Waals surface area contributed by atoms with Gasteiger partial charge in [-0.3, -0.25) is 0 Å². The van der Waals surface area contributed by atoms with Crippen molar-refractivity contribution in [2.75, 3.05) is 0 Å². The van der Waals surface area contributed by atoms with Gasteiger partial charge in [0, 0.05) is 5.92 Å². The first kappa shape index (κ1) is 22.3. The fraction of sp³-hybridized carbons (Fsp3) is 0.538. The molecule has 0 fully saturated rings. The fourth-order valence-electron chi connectivity index (χ4n) is 4.14. The lowest BCUT2D eigenvalue weighted by atomic mass is 9.77. The van der Waals surface area contributed by atoms with Gasteiger partial charge in [0.25, 0.3) is 0 Å². The average molecular weight is 383 g/mol. The third kappa shape index (κ3) is 4.71. The highest BCUT2D eigenvalue weighted by atomic mass is 16.3. The van der Waals surface area contributed by atoms with Crippen LogP contribution in [0, 0.1) is 13.8 Å². The van der Waals surface area contributed by atoms with Crippen LogP contribution in [0.15, 0.2) is 24.3 Å². The summed E-state index contributed by atoms with van der Waals surface area (Å²) in [5.41, 5.74) is 6.74. The molecule has 0 aliphatic rings. The summed E-state index contributed by atoms with van der Waals surface area (Å²) >= 11 is 0. The number of phenolic OH excluding ortho intramolecular Hbond substituents is 2. The number of aryl methyl sites for hydroxylation is 2. The molecule has 0 spiro atoms. The molecule has 2 N–H and O–H groups in total. The Morgan fingerprint density at radius 2 is 1.36 bits per heavy atom. The van der Waals surface area contributed by atoms with Crippen LogP contribution < -0.4 is 0 Å². The number of hydrogen-bond acceptors (Lipinski definition) is 2. The Kier molecular flexibility index (Phi) is 6.85. The Morgan fingerprint density at radius 1 is 0.821 bits per heavy atom. The quantitative estimate of drug-likeness (QED) is 0.544. The molecule has 2 heteroatoms. The minimum Gasteiger partial charge on any atom is -0.508 e. The summed E-state index contributed by atoms with van der Waals surface area (Å²) in [6, 6.07) is 8.27. The molecule has 0 amide bonds. The summed E-state index contributed by atoms with van der Waals surface area (Å²) in [5.74, 6) is 1.31. The molecule has 28 heavy (non-hydrogen) atoms. The van der Waals surface area contributed by atoms with Gasteiger partial charge in [-0.25, -0.2) is 0 Å². The van der Waals surface area contributed by atoms with E-state index in [1.54, 1.807) is 0 Å². The van der Waals surface area contributed by atoms with Gasteiger partial charge in [0.05, 0.1) is 0 Å². The lowest BCUT2D eigenvalue weighted by Crippen LogP contribution is -2.14. The van der Waals surface area contributed by atoms with Gasteiger partial charge >= 0.3 is 0 Å². The van der Waals surface area contributed by atoms with Crippen LogP contribution in [0.3, 0.4) is 0 Å². The van der Waals surface area contributed by atoms with Gasteiger partial charge < -0.3 is 10.2 Å². The lowest BCUT2D eigenvalue weighted by Gasteiger charge is -2.27. The predicted molar refractivity (Wildman–Crippen MR) is 120 cm³/mol. The van der Waals surface area contributed by atoms with Gasteiger partial charge in [-0.05, 0) is 77.1 Å². The van der Waals surface area contributed by atoms with E-state index >= 15 is 0 Å². The van der Waals surface area contributed by atoms with Crippen molar-refractivity contribution in [2.24, 2.45) is 0 Å². The number of phenols is 2. The van der Waals surface area contributed by atoms with Crippen LogP contribution in [0.25, 0.3) is 0 Å². The number of benzene rings is 2. The van der Waals surface area contributed by atoms with E-state index in [0.29, 0.717) is 11.5 Å². The Bertz CT molecular complexity index is 825. The molecule has 0 bridgehead atoms. The molecule has 0 aliphatic carbocycles. The molecule has 2 nitrogen and oxygen atoms in total. The molecule has 2 aromatic carbocycles. The van der Waals surface area contributed by atoms with E-state index in [-0.39, 0.29) is 17.3 Å². The first-order valence-corrected chi connectivity index (χ1v) is 10.6. The Labute approximate surface area is 171 Å². The van der Waals surface area contributed by atoms with Crippen molar-refractivity contribution in [3.05, 3.63) is 57.6 Å². The van der Waals surface area contributed by atoms with Crippen LogP contribution >= 0.6 is 0 Å².